The standard InChI is InChI=1S/C29H29F3N6O3.ClH/c1-36(2)15-14-24(28(33)41)38-25(19-8-4-3-5-9-19)17-22(35-38)23-12-7-13-27(40)37(23)18-26(39)34-21-11-6-10-20(16-21)29(30,31)32;/h3-13,16-17,24H,14-15,18H2,1-2H3,(H2,33,41)(H,34,39);1H. The first kappa shape index (κ1) is 32.1. The van der Waals surface area contributed by atoms with Crippen LogP contribution in [0.2, 0.25) is 0 Å². The average molecular weight is 603 g/mol. The summed E-state index contributed by atoms with van der Waals surface area (Å²) in [6, 6.07) is 18.7. The second-order valence-electron chi connectivity index (χ2n) is 9.70. The van der Waals surface area contributed by atoms with Gasteiger partial charge in [-0.2, -0.15) is 18.3 Å². The number of rotatable bonds is 10. The summed E-state index contributed by atoms with van der Waals surface area (Å²) < 4.78 is 42.0. The van der Waals surface area contributed by atoms with Gasteiger partial charge in [0.1, 0.15) is 18.3 Å². The van der Waals surface area contributed by atoms with Crippen LogP contribution in [0.3, 0.4) is 0 Å². The molecule has 9 nitrogen and oxygen atoms in total. The Morgan fingerprint density at radius 2 is 1.67 bits per heavy atom. The molecule has 0 aliphatic rings. The Bertz CT molecular complexity index is 1600. The van der Waals surface area contributed by atoms with Crippen molar-refractivity contribution in [2.24, 2.45) is 5.73 Å². The lowest BCUT2D eigenvalue weighted by molar-refractivity contribution is -0.137. The van der Waals surface area contributed by atoms with Crippen molar-refractivity contribution in [1.82, 2.24) is 19.2 Å². The molecule has 42 heavy (non-hydrogen) atoms. The Hall–Kier alpha value is -4.42. The Balaban J connectivity index is 0.00000484. The van der Waals surface area contributed by atoms with Crippen molar-refractivity contribution in [3.05, 3.63) is 94.8 Å². The zero-order chi connectivity index (χ0) is 29.7. The molecule has 4 aromatic rings. The van der Waals surface area contributed by atoms with E-state index in [4.69, 9.17) is 5.73 Å². The fourth-order valence-electron chi connectivity index (χ4n) is 4.37. The van der Waals surface area contributed by atoms with Gasteiger partial charge in [0.25, 0.3) is 5.56 Å². The van der Waals surface area contributed by atoms with Crippen LogP contribution >= 0.6 is 12.4 Å². The third-order valence-electron chi connectivity index (χ3n) is 6.37. The molecule has 1 atom stereocenters. The number of halogens is 4. The summed E-state index contributed by atoms with van der Waals surface area (Å²) in [5.74, 6) is -1.29. The minimum Gasteiger partial charge on any atom is -0.368 e. The smallest absolute Gasteiger partial charge is 0.368 e. The first-order valence-electron chi connectivity index (χ1n) is 12.7. The summed E-state index contributed by atoms with van der Waals surface area (Å²) in [7, 11) is 3.75. The largest absolute Gasteiger partial charge is 0.416 e. The monoisotopic (exact) mass is 602 g/mol. The number of alkyl halides is 3. The maximum Gasteiger partial charge on any atom is 0.416 e. The predicted octanol–water partition coefficient (Wildman–Crippen LogP) is 4.44. The van der Waals surface area contributed by atoms with Crippen LogP contribution in [-0.4, -0.2) is 51.7 Å². The van der Waals surface area contributed by atoms with E-state index in [0.717, 1.165) is 17.7 Å². The molecule has 4 rings (SSSR count). The van der Waals surface area contributed by atoms with Crippen molar-refractivity contribution >= 4 is 29.9 Å². The summed E-state index contributed by atoms with van der Waals surface area (Å²) in [5.41, 5.74) is 6.23. The molecule has 0 aliphatic carbocycles. The predicted molar refractivity (Wildman–Crippen MR) is 156 cm³/mol. The van der Waals surface area contributed by atoms with Crippen LogP contribution in [0.4, 0.5) is 18.9 Å². The fourth-order valence-corrected chi connectivity index (χ4v) is 4.37. The van der Waals surface area contributed by atoms with E-state index in [1.807, 2.05) is 49.3 Å². The topological polar surface area (TPSA) is 115 Å². The molecule has 0 fully saturated rings. The molecule has 0 bridgehead atoms. The quantitative estimate of drug-likeness (QED) is 0.279. The highest BCUT2D eigenvalue weighted by Crippen LogP contribution is 2.31. The number of hydrogen-bond acceptors (Lipinski definition) is 5. The number of pyridine rings is 1. The van der Waals surface area contributed by atoms with Gasteiger partial charge < -0.3 is 16.0 Å². The van der Waals surface area contributed by atoms with E-state index in [1.54, 1.807) is 12.1 Å². The van der Waals surface area contributed by atoms with E-state index in [9.17, 15) is 27.6 Å². The second kappa shape index (κ2) is 13.5. The first-order chi connectivity index (χ1) is 19.4. The van der Waals surface area contributed by atoms with E-state index in [-0.39, 0.29) is 23.8 Å². The van der Waals surface area contributed by atoms with Gasteiger partial charge in [-0.1, -0.05) is 42.5 Å². The van der Waals surface area contributed by atoms with Crippen LogP contribution in [0, 0.1) is 0 Å². The van der Waals surface area contributed by atoms with Crippen molar-refractivity contribution < 1.29 is 22.8 Å². The molecule has 0 saturated carbocycles. The van der Waals surface area contributed by atoms with Crippen LogP contribution in [-0.2, 0) is 22.3 Å². The van der Waals surface area contributed by atoms with Gasteiger partial charge in [-0.05, 0) is 56.4 Å². The highest BCUT2D eigenvalue weighted by atomic mass is 35.5. The van der Waals surface area contributed by atoms with Crippen LogP contribution in [0.25, 0.3) is 22.6 Å². The minimum atomic E-state index is -4.57. The van der Waals surface area contributed by atoms with E-state index in [0.29, 0.717) is 24.4 Å². The summed E-state index contributed by atoms with van der Waals surface area (Å²) >= 11 is 0. The highest BCUT2D eigenvalue weighted by Gasteiger charge is 2.30. The van der Waals surface area contributed by atoms with Crippen LogP contribution in [0.1, 0.15) is 18.0 Å². The molecule has 2 aromatic carbocycles. The molecule has 13 heteroatoms. The maximum atomic E-state index is 13.1. The molecule has 0 aliphatic heterocycles. The van der Waals surface area contributed by atoms with E-state index in [2.05, 4.69) is 10.4 Å². The van der Waals surface area contributed by atoms with Gasteiger partial charge in [0.05, 0.1) is 17.0 Å². The number of carbonyl (C=O) groups excluding carboxylic acids is 2. The molecule has 2 amide bonds. The molecule has 2 aromatic heterocycles. The number of carbonyl (C=O) groups is 2. The molecule has 3 N–H and O–H groups in total. The van der Waals surface area contributed by atoms with Crippen molar-refractivity contribution in [2.75, 3.05) is 26.0 Å². The fraction of sp³-hybridized carbons (Fsp3) is 0.241. The Morgan fingerprint density at radius 1 is 0.976 bits per heavy atom. The third kappa shape index (κ3) is 7.65. The van der Waals surface area contributed by atoms with Gasteiger partial charge >= 0.3 is 6.18 Å². The molecule has 222 valence electrons. The van der Waals surface area contributed by atoms with Gasteiger partial charge in [0, 0.05) is 18.3 Å². The summed E-state index contributed by atoms with van der Waals surface area (Å²) in [6.07, 6.45) is -4.20. The van der Waals surface area contributed by atoms with E-state index in [1.165, 1.54) is 33.5 Å². The molecular formula is C29H30ClF3N6O3. The molecule has 2 heterocycles. The molecular weight excluding hydrogens is 573 g/mol. The zero-order valence-electron chi connectivity index (χ0n) is 22.8. The number of nitrogens with zero attached hydrogens (tertiary/aromatic N) is 4. The van der Waals surface area contributed by atoms with E-state index < -0.39 is 41.7 Å². The molecule has 0 saturated heterocycles. The second-order valence-corrected chi connectivity index (χ2v) is 9.70. The Labute approximate surface area is 246 Å². The summed E-state index contributed by atoms with van der Waals surface area (Å²) in [5, 5.41) is 7.09. The van der Waals surface area contributed by atoms with Gasteiger partial charge in [-0.3, -0.25) is 23.6 Å². The Morgan fingerprint density at radius 3 is 2.31 bits per heavy atom. The number of nitrogens with two attached hydrogens (primary N) is 1. The Kier molecular flexibility index (Phi) is 10.3. The molecule has 1 unspecified atom stereocenters. The van der Waals surface area contributed by atoms with Crippen LogP contribution in [0.15, 0.2) is 83.7 Å². The van der Waals surface area contributed by atoms with Gasteiger partial charge in [-0.15, -0.1) is 12.4 Å². The summed E-state index contributed by atoms with van der Waals surface area (Å²) in [6.45, 7) is 0.0709. The lowest BCUT2D eigenvalue weighted by Gasteiger charge is -2.19. The van der Waals surface area contributed by atoms with Gasteiger partial charge in [-0.25, -0.2) is 0 Å². The number of aromatic nitrogens is 3. The van der Waals surface area contributed by atoms with Crippen LogP contribution in [0.5, 0.6) is 0 Å². The number of hydrogen-bond donors (Lipinski definition) is 2. The third-order valence-corrected chi connectivity index (χ3v) is 6.37. The first-order valence-corrected chi connectivity index (χ1v) is 12.7. The number of primary amides is 1. The average Bonchev–Trinajstić information content (AvgIpc) is 3.34. The lowest BCUT2D eigenvalue weighted by Crippen LogP contribution is -2.31. The summed E-state index contributed by atoms with van der Waals surface area (Å²) in [4.78, 5) is 40.2. The van der Waals surface area contributed by atoms with Crippen molar-refractivity contribution in [2.45, 2.75) is 25.2 Å². The zero-order valence-corrected chi connectivity index (χ0v) is 23.7. The van der Waals surface area contributed by atoms with Crippen molar-refractivity contribution in [3.8, 4) is 22.6 Å². The van der Waals surface area contributed by atoms with Gasteiger partial charge in [0.2, 0.25) is 11.8 Å². The van der Waals surface area contributed by atoms with Gasteiger partial charge in [0.15, 0.2) is 0 Å². The lowest BCUT2D eigenvalue weighted by atomic mass is 10.1. The van der Waals surface area contributed by atoms with Crippen molar-refractivity contribution in [1.29, 1.82) is 0 Å². The van der Waals surface area contributed by atoms with E-state index >= 15 is 0 Å². The number of amides is 2. The van der Waals surface area contributed by atoms with Crippen molar-refractivity contribution in [3.63, 3.8) is 0 Å². The molecule has 0 spiro atoms. The number of nitrogens with one attached hydrogen (secondary N) is 1. The van der Waals surface area contributed by atoms with Crippen LogP contribution < -0.4 is 16.6 Å². The minimum absolute atomic E-state index is 0. The SMILES string of the molecule is CN(C)CCC(C(N)=O)n1nc(-c2cccc(=O)n2CC(=O)Nc2cccc(C(F)(F)F)c2)cc1-c1ccccc1.Cl. The molecule has 0 radical (unpaired) electrons. The number of benzene rings is 2. The highest BCUT2D eigenvalue weighted by molar-refractivity contribution is 5.91. The maximum absolute atomic E-state index is 13.1. The number of anilines is 1. The normalized spacial score (nSPS) is 12.0.